The second-order valence-electron chi connectivity index (χ2n) is 1.84. The van der Waals surface area contributed by atoms with Crippen LogP contribution in [0, 0.1) is 10.1 Å². The largest absolute Gasteiger partial charge is 0.293 e. The molecule has 6 heteroatoms. The monoisotopic (exact) mass is 144 g/mol. The van der Waals surface area contributed by atoms with Crippen molar-refractivity contribution in [3.63, 3.8) is 0 Å². The molecule has 0 radical (unpaired) electrons. The van der Waals surface area contributed by atoms with Gasteiger partial charge >= 0.3 is 0 Å². The van der Waals surface area contributed by atoms with Crippen LogP contribution in [0.15, 0.2) is 0 Å². The number of carbonyl (C=O) groups excluding carboxylic acids is 2. The highest BCUT2D eigenvalue weighted by Crippen LogP contribution is 2.10. The smallest absolute Gasteiger partial charge is 0.268 e. The van der Waals surface area contributed by atoms with Gasteiger partial charge in [0.15, 0.2) is 5.03 Å². The first kappa shape index (κ1) is 6.66. The summed E-state index contributed by atoms with van der Waals surface area (Å²) in [6.45, 7) is 0. The quantitative estimate of drug-likeness (QED) is 0.277. The number of nitro groups is 1. The van der Waals surface area contributed by atoms with E-state index < -0.39 is 16.8 Å². The zero-order chi connectivity index (χ0) is 7.72. The Morgan fingerprint density at radius 2 is 1.70 bits per heavy atom. The first-order valence-electron chi connectivity index (χ1n) is 2.63. The Kier molecular flexibility index (Phi) is 1.37. The van der Waals surface area contributed by atoms with Crippen molar-refractivity contribution >= 4 is 11.8 Å². The highest BCUT2D eigenvalue weighted by molar-refractivity contribution is 6.00. The number of hydrazine groups is 1. The standard InChI is InChI=1S/C4H4N2O4/c7-3-1-2-4(8)5(3)6(9)10/h1-2H2. The summed E-state index contributed by atoms with van der Waals surface area (Å²) in [5.41, 5.74) is 0. The lowest BCUT2D eigenvalue weighted by atomic mass is 10.4. The van der Waals surface area contributed by atoms with Gasteiger partial charge in [0.1, 0.15) is 0 Å². The van der Waals surface area contributed by atoms with E-state index in [2.05, 4.69) is 0 Å². The van der Waals surface area contributed by atoms with E-state index in [1.807, 2.05) is 0 Å². The maximum absolute atomic E-state index is 10.5. The van der Waals surface area contributed by atoms with E-state index in [4.69, 9.17) is 0 Å². The Labute approximate surface area is 55.5 Å². The van der Waals surface area contributed by atoms with Gasteiger partial charge in [-0.1, -0.05) is 0 Å². The molecule has 1 heterocycles. The van der Waals surface area contributed by atoms with E-state index in [0.29, 0.717) is 0 Å². The highest BCUT2D eigenvalue weighted by atomic mass is 16.7. The predicted molar refractivity (Wildman–Crippen MR) is 28.1 cm³/mol. The molecule has 1 saturated heterocycles. The average Bonchev–Trinajstić information content (AvgIpc) is 2.11. The molecule has 1 aliphatic rings. The summed E-state index contributed by atoms with van der Waals surface area (Å²) >= 11 is 0. The zero-order valence-electron chi connectivity index (χ0n) is 4.94. The lowest BCUT2D eigenvalue weighted by molar-refractivity contribution is -0.613. The fourth-order valence-corrected chi connectivity index (χ4v) is 0.747. The molecule has 10 heavy (non-hydrogen) atoms. The average molecular weight is 144 g/mol. The SMILES string of the molecule is O=C1CCC(=O)N1[N+](=O)[O-]. The number of amides is 2. The maximum atomic E-state index is 10.5. The molecule has 0 aromatic heterocycles. The number of imide groups is 1. The van der Waals surface area contributed by atoms with Gasteiger partial charge in [0, 0.05) is 17.9 Å². The maximum Gasteiger partial charge on any atom is 0.293 e. The van der Waals surface area contributed by atoms with Gasteiger partial charge < -0.3 is 0 Å². The normalized spacial score (nSPS) is 18.2. The second kappa shape index (κ2) is 2.05. The zero-order valence-corrected chi connectivity index (χ0v) is 4.94. The van der Waals surface area contributed by atoms with Gasteiger partial charge in [-0.3, -0.25) is 9.59 Å². The van der Waals surface area contributed by atoms with Crippen molar-refractivity contribution in [1.82, 2.24) is 5.01 Å². The van der Waals surface area contributed by atoms with E-state index in [1.165, 1.54) is 0 Å². The second-order valence-corrected chi connectivity index (χ2v) is 1.84. The number of rotatable bonds is 1. The molecular formula is C4H4N2O4. The van der Waals surface area contributed by atoms with Crippen molar-refractivity contribution in [2.45, 2.75) is 12.8 Å². The molecule has 0 spiro atoms. The number of hydrogen-bond donors (Lipinski definition) is 0. The fourth-order valence-electron chi connectivity index (χ4n) is 0.747. The molecule has 0 bridgehead atoms. The van der Waals surface area contributed by atoms with Crippen LogP contribution >= 0.6 is 0 Å². The van der Waals surface area contributed by atoms with Crippen LogP contribution in [0.25, 0.3) is 0 Å². The van der Waals surface area contributed by atoms with Crippen LogP contribution in [0.2, 0.25) is 0 Å². The predicted octanol–water partition coefficient (Wildman–Crippen LogP) is -0.673. The van der Waals surface area contributed by atoms with Gasteiger partial charge in [-0.25, -0.2) is 10.1 Å². The summed E-state index contributed by atoms with van der Waals surface area (Å²) in [5.74, 6) is -1.45. The molecule has 54 valence electrons. The number of hydrogen-bond acceptors (Lipinski definition) is 4. The van der Waals surface area contributed by atoms with Crippen molar-refractivity contribution in [2.24, 2.45) is 0 Å². The molecule has 0 aliphatic carbocycles. The third-order valence-corrected chi connectivity index (χ3v) is 1.19. The Bertz CT molecular complexity index is 195. The fraction of sp³-hybridized carbons (Fsp3) is 0.500. The summed E-state index contributed by atoms with van der Waals surface area (Å²) in [7, 11) is 0. The summed E-state index contributed by atoms with van der Waals surface area (Å²) in [4.78, 5) is 30.9. The minimum Gasteiger partial charge on any atom is -0.268 e. The Balaban J connectivity index is 2.82. The molecule has 0 N–H and O–H groups in total. The van der Waals surface area contributed by atoms with Crippen LogP contribution in [0.3, 0.4) is 0 Å². The molecule has 2 amide bonds. The Morgan fingerprint density at radius 1 is 1.30 bits per heavy atom. The molecule has 0 atom stereocenters. The molecular weight excluding hydrogens is 140 g/mol. The van der Waals surface area contributed by atoms with E-state index >= 15 is 0 Å². The molecule has 6 nitrogen and oxygen atoms in total. The Hall–Kier alpha value is -1.46. The van der Waals surface area contributed by atoms with Gasteiger partial charge in [0.05, 0.1) is 0 Å². The molecule has 0 aromatic rings. The summed E-state index contributed by atoms with van der Waals surface area (Å²) in [6, 6.07) is 0. The van der Waals surface area contributed by atoms with Crippen molar-refractivity contribution < 1.29 is 14.6 Å². The third kappa shape index (κ3) is 0.831. The summed E-state index contributed by atoms with van der Waals surface area (Å²) < 4.78 is 0. The first-order valence-corrected chi connectivity index (χ1v) is 2.63. The molecule has 0 aromatic carbocycles. The minimum atomic E-state index is -0.988. The molecule has 1 rings (SSSR count). The van der Waals surface area contributed by atoms with E-state index in [0.717, 1.165) is 0 Å². The third-order valence-electron chi connectivity index (χ3n) is 1.19. The van der Waals surface area contributed by atoms with Crippen LogP contribution in [0.4, 0.5) is 0 Å². The molecule has 1 aliphatic heterocycles. The summed E-state index contributed by atoms with van der Waals surface area (Å²) in [5, 5.41) is 8.98. The van der Waals surface area contributed by atoms with Crippen LogP contribution in [-0.4, -0.2) is 21.9 Å². The van der Waals surface area contributed by atoms with Gasteiger partial charge in [0.2, 0.25) is 0 Å². The van der Waals surface area contributed by atoms with Crippen LogP contribution in [-0.2, 0) is 9.59 Å². The van der Waals surface area contributed by atoms with Gasteiger partial charge in [-0.05, 0) is 0 Å². The van der Waals surface area contributed by atoms with E-state index in [-0.39, 0.29) is 17.9 Å². The number of carbonyl (C=O) groups is 2. The van der Waals surface area contributed by atoms with Gasteiger partial charge in [0.25, 0.3) is 11.8 Å². The van der Waals surface area contributed by atoms with Crippen molar-refractivity contribution in [1.29, 1.82) is 0 Å². The minimum absolute atomic E-state index is 0.0419. The highest BCUT2D eigenvalue weighted by Gasteiger charge is 2.38. The topological polar surface area (TPSA) is 80.5 Å². The molecule has 1 fully saturated rings. The van der Waals surface area contributed by atoms with Crippen molar-refractivity contribution in [3.8, 4) is 0 Å². The van der Waals surface area contributed by atoms with Crippen LogP contribution in [0.1, 0.15) is 12.8 Å². The first-order chi connectivity index (χ1) is 4.63. The van der Waals surface area contributed by atoms with Crippen LogP contribution in [0.5, 0.6) is 0 Å². The van der Waals surface area contributed by atoms with Crippen molar-refractivity contribution in [2.75, 3.05) is 0 Å². The van der Waals surface area contributed by atoms with E-state index in [1.54, 1.807) is 0 Å². The lowest BCUT2D eigenvalue weighted by Gasteiger charge is -1.98. The van der Waals surface area contributed by atoms with Gasteiger partial charge in [-0.2, -0.15) is 0 Å². The number of nitrogens with zero attached hydrogens (tertiary/aromatic N) is 2. The van der Waals surface area contributed by atoms with Crippen molar-refractivity contribution in [3.05, 3.63) is 10.1 Å². The van der Waals surface area contributed by atoms with Gasteiger partial charge in [-0.15, -0.1) is 0 Å². The Morgan fingerprint density at radius 3 is 1.90 bits per heavy atom. The van der Waals surface area contributed by atoms with E-state index in [9.17, 15) is 19.7 Å². The van der Waals surface area contributed by atoms with Crippen LogP contribution < -0.4 is 0 Å². The molecule has 0 saturated carbocycles. The molecule has 0 unspecified atom stereocenters. The summed E-state index contributed by atoms with van der Waals surface area (Å²) in [6.07, 6.45) is -0.0837. The lowest BCUT2D eigenvalue weighted by Crippen LogP contribution is -2.34.